The lowest BCUT2D eigenvalue weighted by Crippen LogP contribution is -1.99. The second kappa shape index (κ2) is 3.51. The Morgan fingerprint density at radius 2 is 2.09 bits per heavy atom. The van der Waals surface area contributed by atoms with Crippen LogP contribution in [-0.4, -0.2) is 14.8 Å². The molecule has 0 aliphatic heterocycles. The molecule has 0 atom stereocenters. The van der Waals surface area contributed by atoms with Gasteiger partial charge < -0.3 is 4.57 Å². The van der Waals surface area contributed by atoms with Crippen molar-refractivity contribution < 1.29 is 0 Å². The van der Waals surface area contributed by atoms with E-state index in [0.717, 1.165) is 18.1 Å². The lowest BCUT2D eigenvalue weighted by Gasteiger charge is -1.98. The van der Waals surface area contributed by atoms with Crippen molar-refractivity contribution in [3.8, 4) is 0 Å². The average molecular weight is 153 g/mol. The summed E-state index contributed by atoms with van der Waals surface area (Å²) < 4.78 is 2.05. The van der Waals surface area contributed by atoms with Crippen molar-refractivity contribution >= 4 is 0 Å². The Kier molecular flexibility index (Phi) is 2.63. The van der Waals surface area contributed by atoms with Gasteiger partial charge in [0.15, 0.2) is 0 Å². The average Bonchev–Trinajstić information content (AvgIpc) is 2.31. The topological polar surface area (TPSA) is 30.7 Å². The van der Waals surface area contributed by atoms with Gasteiger partial charge in [-0.3, -0.25) is 0 Å². The summed E-state index contributed by atoms with van der Waals surface area (Å²) in [4.78, 5) is 0. The van der Waals surface area contributed by atoms with Gasteiger partial charge in [-0.15, -0.1) is 10.2 Å². The summed E-state index contributed by atoms with van der Waals surface area (Å²) in [5.41, 5.74) is 0. The van der Waals surface area contributed by atoms with Gasteiger partial charge in [0.2, 0.25) is 0 Å². The zero-order chi connectivity index (χ0) is 8.27. The van der Waals surface area contributed by atoms with Crippen molar-refractivity contribution in [3.05, 3.63) is 11.6 Å². The Morgan fingerprint density at radius 3 is 2.55 bits per heavy atom. The lowest BCUT2D eigenvalue weighted by atomic mass is 10.2. The summed E-state index contributed by atoms with van der Waals surface area (Å²) in [7, 11) is 2.01. The maximum absolute atomic E-state index is 4.07. The van der Waals surface area contributed by atoms with Gasteiger partial charge in [-0.25, -0.2) is 0 Å². The minimum absolute atomic E-state index is 0.996. The fraction of sp³-hybridized carbons (Fsp3) is 0.750. The van der Waals surface area contributed by atoms with E-state index in [1.165, 1.54) is 12.8 Å². The van der Waals surface area contributed by atoms with Gasteiger partial charge in [0.25, 0.3) is 0 Å². The molecule has 0 radical (unpaired) electrons. The van der Waals surface area contributed by atoms with Gasteiger partial charge in [-0.1, -0.05) is 13.3 Å². The molecule has 1 rings (SSSR count). The highest BCUT2D eigenvalue weighted by atomic mass is 15.3. The summed E-state index contributed by atoms with van der Waals surface area (Å²) in [6.45, 7) is 4.16. The van der Waals surface area contributed by atoms with Crippen LogP contribution in [0.25, 0.3) is 0 Å². The highest BCUT2D eigenvalue weighted by molar-refractivity contribution is 4.92. The first-order chi connectivity index (χ1) is 5.25. The molecule has 1 heterocycles. The Bertz CT molecular complexity index is 227. The van der Waals surface area contributed by atoms with E-state index in [-0.39, 0.29) is 0 Å². The van der Waals surface area contributed by atoms with E-state index in [4.69, 9.17) is 0 Å². The van der Waals surface area contributed by atoms with Gasteiger partial charge in [-0.05, 0) is 13.3 Å². The first-order valence-electron chi connectivity index (χ1n) is 4.10. The zero-order valence-electron chi connectivity index (χ0n) is 7.46. The van der Waals surface area contributed by atoms with E-state index in [1.54, 1.807) is 0 Å². The predicted octanol–water partition coefficient (Wildman–Crippen LogP) is 1.47. The molecule has 11 heavy (non-hydrogen) atoms. The number of aryl methyl sites for hydroxylation is 2. The Balaban J connectivity index is 2.63. The van der Waals surface area contributed by atoms with E-state index in [2.05, 4.69) is 21.7 Å². The lowest BCUT2D eigenvalue weighted by molar-refractivity contribution is 0.703. The second-order valence-electron chi connectivity index (χ2n) is 2.83. The fourth-order valence-corrected chi connectivity index (χ4v) is 1.00. The monoisotopic (exact) mass is 153 g/mol. The summed E-state index contributed by atoms with van der Waals surface area (Å²) in [5, 5.41) is 8.05. The fourth-order valence-electron chi connectivity index (χ4n) is 1.00. The molecule has 0 bridgehead atoms. The van der Waals surface area contributed by atoms with E-state index >= 15 is 0 Å². The molecule has 0 spiro atoms. The smallest absolute Gasteiger partial charge is 0.132 e. The highest BCUT2D eigenvalue weighted by Crippen LogP contribution is 2.02. The van der Waals surface area contributed by atoms with Crippen LogP contribution < -0.4 is 0 Å². The molecule has 62 valence electrons. The number of unbranched alkanes of at least 4 members (excludes halogenated alkanes) is 1. The molecule has 0 aromatic carbocycles. The number of hydrogen-bond acceptors (Lipinski definition) is 2. The second-order valence-corrected chi connectivity index (χ2v) is 2.83. The molecule has 0 aliphatic carbocycles. The third-order valence-corrected chi connectivity index (χ3v) is 1.94. The molecule has 0 amide bonds. The molecule has 1 aromatic heterocycles. The quantitative estimate of drug-likeness (QED) is 0.658. The van der Waals surface area contributed by atoms with E-state index in [9.17, 15) is 0 Å². The molecule has 0 aliphatic rings. The maximum Gasteiger partial charge on any atom is 0.132 e. The Labute approximate surface area is 67.4 Å². The third-order valence-electron chi connectivity index (χ3n) is 1.94. The summed E-state index contributed by atoms with van der Waals surface area (Å²) >= 11 is 0. The molecule has 0 unspecified atom stereocenters. The van der Waals surface area contributed by atoms with Crippen LogP contribution in [0.4, 0.5) is 0 Å². The van der Waals surface area contributed by atoms with Gasteiger partial charge >= 0.3 is 0 Å². The van der Waals surface area contributed by atoms with Crippen LogP contribution in [0.5, 0.6) is 0 Å². The molecular weight excluding hydrogens is 138 g/mol. The Morgan fingerprint density at radius 1 is 1.36 bits per heavy atom. The van der Waals surface area contributed by atoms with E-state index < -0.39 is 0 Å². The number of nitrogens with zero attached hydrogens (tertiary/aromatic N) is 3. The van der Waals surface area contributed by atoms with Crippen molar-refractivity contribution in [2.75, 3.05) is 0 Å². The minimum atomic E-state index is 0.996. The molecule has 3 nitrogen and oxygen atoms in total. The van der Waals surface area contributed by atoms with Crippen molar-refractivity contribution in [1.29, 1.82) is 0 Å². The largest absolute Gasteiger partial charge is 0.318 e. The summed E-state index contributed by atoms with van der Waals surface area (Å²) in [5.74, 6) is 2.10. The van der Waals surface area contributed by atoms with E-state index in [0.29, 0.717) is 0 Å². The van der Waals surface area contributed by atoms with Crippen LogP contribution in [0.1, 0.15) is 31.4 Å². The molecule has 1 aromatic rings. The number of aromatic nitrogens is 3. The van der Waals surface area contributed by atoms with Crippen molar-refractivity contribution in [3.63, 3.8) is 0 Å². The standard InChI is InChI=1S/C8H15N3/c1-4-5-6-8-10-9-7(2)11(8)3/h4-6H2,1-3H3. The van der Waals surface area contributed by atoms with Crippen molar-refractivity contribution in [1.82, 2.24) is 14.8 Å². The number of hydrogen-bond donors (Lipinski definition) is 0. The molecular formula is C8H15N3. The molecule has 0 saturated carbocycles. The number of rotatable bonds is 3. The third kappa shape index (κ3) is 1.79. The van der Waals surface area contributed by atoms with Crippen LogP contribution >= 0.6 is 0 Å². The SMILES string of the molecule is CCCCc1nnc(C)n1C. The zero-order valence-corrected chi connectivity index (χ0v) is 7.46. The highest BCUT2D eigenvalue weighted by Gasteiger charge is 2.02. The van der Waals surface area contributed by atoms with Gasteiger partial charge in [-0.2, -0.15) is 0 Å². The van der Waals surface area contributed by atoms with E-state index in [1.807, 2.05) is 14.0 Å². The minimum Gasteiger partial charge on any atom is -0.318 e. The predicted molar refractivity (Wildman–Crippen MR) is 44.4 cm³/mol. The molecule has 0 N–H and O–H groups in total. The van der Waals surface area contributed by atoms with Gasteiger partial charge in [0.05, 0.1) is 0 Å². The first-order valence-corrected chi connectivity index (χ1v) is 4.10. The molecule has 0 saturated heterocycles. The normalized spacial score (nSPS) is 10.5. The van der Waals surface area contributed by atoms with Gasteiger partial charge in [0, 0.05) is 13.5 Å². The van der Waals surface area contributed by atoms with Crippen LogP contribution in [-0.2, 0) is 13.5 Å². The Hall–Kier alpha value is -0.860. The van der Waals surface area contributed by atoms with Crippen molar-refractivity contribution in [2.45, 2.75) is 33.1 Å². The summed E-state index contributed by atoms with van der Waals surface area (Å²) in [6, 6.07) is 0. The van der Waals surface area contributed by atoms with Crippen LogP contribution in [0.3, 0.4) is 0 Å². The summed E-state index contributed by atoms with van der Waals surface area (Å²) in [6.07, 6.45) is 3.46. The van der Waals surface area contributed by atoms with Crippen LogP contribution in [0.2, 0.25) is 0 Å². The van der Waals surface area contributed by atoms with Crippen molar-refractivity contribution in [2.24, 2.45) is 7.05 Å². The van der Waals surface area contributed by atoms with Gasteiger partial charge in [0.1, 0.15) is 11.6 Å². The maximum atomic E-state index is 4.07. The van der Waals surface area contributed by atoms with Crippen LogP contribution in [0, 0.1) is 6.92 Å². The first kappa shape index (κ1) is 8.24. The van der Waals surface area contributed by atoms with Crippen LogP contribution in [0.15, 0.2) is 0 Å². The molecule has 3 heteroatoms. The molecule has 0 fully saturated rings.